The van der Waals surface area contributed by atoms with E-state index >= 15 is 0 Å². The van der Waals surface area contributed by atoms with Crippen molar-refractivity contribution >= 4 is 16.6 Å². The van der Waals surface area contributed by atoms with Gasteiger partial charge in [0, 0.05) is 29.4 Å². The van der Waals surface area contributed by atoms with Gasteiger partial charge < -0.3 is 11.1 Å². The van der Waals surface area contributed by atoms with Gasteiger partial charge >= 0.3 is 0 Å². The van der Waals surface area contributed by atoms with E-state index in [9.17, 15) is 0 Å². The van der Waals surface area contributed by atoms with Crippen LogP contribution in [-0.2, 0) is 0 Å². The normalized spacial score (nSPS) is 12.6. The number of aromatic nitrogens is 1. The van der Waals surface area contributed by atoms with E-state index in [0.29, 0.717) is 0 Å². The molecule has 96 valence electrons. The van der Waals surface area contributed by atoms with Crippen LogP contribution in [0, 0.1) is 6.92 Å². The van der Waals surface area contributed by atoms with Gasteiger partial charge in [-0.3, -0.25) is 4.98 Å². The monoisotopic (exact) mass is 243 g/mol. The molecule has 1 aromatic carbocycles. The molecule has 1 aromatic heterocycles. The fourth-order valence-corrected chi connectivity index (χ4v) is 2.17. The van der Waals surface area contributed by atoms with Gasteiger partial charge in [0.25, 0.3) is 0 Å². The van der Waals surface area contributed by atoms with Gasteiger partial charge in [0.05, 0.1) is 5.52 Å². The van der Waals surface area contributed by atoms with Gasteiger partial charge in [-0.2, -0.15) is 0 Å². The fourth-order valence-electron chi connectivity index (χ4n) is 2.17. The molecule has 2 rings (SSSR count). The number of hydrogen-bond acceptors (Lipinski definition) is 3. The topological polar surface area (TPSA) is 50.9 Å². The number of benzene rings is 1. The molecule has 0 saturated carbocycles. The molecule has 0 spiro atoms. The maximum Gasteiger partial charge on any atom is 0.0725 e. The van der Waals surface area contributed by atoms with Crippen molar-refractivity contribution in [3.63, 3.8) is 0 Å². The number of nitrogens with zero attached hydrogens (tertiary/aromatic N) is 1. The lowest BCUT2D eigenvalue weighted by molar-refractivity contribution is 0.627. The maximum absolute atomic E-state index is 6.04. The molecule has 0 aliphatic carbocycles. The fraction of sp³-hybridized carbons (Fsp3) is 0.400. The SMILES string of the molecule is CCCC(N)CNc1cc(C)nc2ccccc12. The van der Waals surface area contributed by atoms with E-state index in [1.807, 2.05) is 25.1 Å². The smallest absolute Gasteiger partial charge is 0.0725 e. The molecule has 1 atom stereocenters. The van der Waals surface area contributed by atoms with E-state index in [1.165, 1.54) is 0 Å². The van der Waals surface area contributed by atoms with Crippen LogP contribution in [0.4, 0.5) is 5.69 Å². The van der Waals surface area contributed by atoms with Gasteiger partial charge in [-0.1, -0.05) is 31.5 Å². The zero-order chi connectivity index (χ0) is 13.0. The molecule has 0 bridgehead atoms. The average molecular weight is 243 g/mol. The first kappa shape index (κ1) is 12.8. The zero-order valence-corrected chi connectivity index (χ0v) is 11.1. The van der Waals surface area contributed by atoms with Crippen LogP contribution in [0.25, 0.3) is 10.9 Å². The highest BCUT2D eigenvalue weighted by molar-refractivity contribution is 5.91. The second kappa shape index (κ2) is 5.83. The standard InChI is InChI=1S/C15H21N3/c1-3-6-12(16)10-17-15-9-11(2)18-14-8-5-4-7-13(14)15/h4-5,7-9,12H,3,6,10,16H2,1-2H3,(H,17,18). The molecule has 0 aliphatic heterocycles. The predicted molar refractivity (Wildman–Crippen MR) is 77.9 cm³/mol. The number of nitrogens with one attached hydrogen (secondary N) is 1. The number of para-hydroxylation sites is 1. The summed E-state index contributed by atoms with van der Waals surface area (Å²) in [5.41, 5.74) is 9.22. The Morgan fingerprint density at radius 2 is 2.11 bits per heavy atom. The molecule has 2 aromatic rings. The van der Waals surface area contributed by atoms with E-state index in [1.54, 1.807) is 0 Å². The first-order valence-electron chi connectivity index (χ1n) is 6.56. The van der Waals surface area contributed by atoms with Crippen molar-refractivity contribution in [1.29, 1.82) is 0 Å². The van der Waals surface area contributed by atoms with E-state index in [0.717, 1.165) is 41.7 Å². The zero-order valence-electron chi connectivity index (χ0n) is 11.1. The lowest BCUT2D eigenvalue weighted by Crippen LogP contribution is -2.28. The Morgan fingerprint density at radius 3 is 2.89 bits per heavy atom. The number of hydrogen-bond donors (Lipinski definition) is 2. The Bertz CT molecular complexity index is 522. The van der Waals surface area contributed by atoms with Crippen molar-refractivity contribution in [2.45, 2.75) is 32.7 Å². The number of aryl methyl sites for hydroxylation is 1. The van der Waals surface area contributed by atoms with Crippen LogP contribution >= 0.6 is 0 Å². The number of rotatable bonds is 5. The largest absolute Gasteiger partial charge is 0.383 e. The van der Waals surface area contributed by atoms with Crippen molar-refractivity contribution < 1.29 is 0 Å². The summed E-state index contributed by atoms with van der Waals surface area (Å²) in [6.07, 6.45) is 2.17. The van der Waals surface area contributed by atoms with E-state index in [4.69, 9.17) is 5.73 Å². The third-order valence-electron chi connectivity index (χ3n) is 3.06. The molecular weight excluding hydrogens is 222 g/mol. The summed E-state index contributed by atoms with van der Waals surface area (Å²) in [4.78, 5) is 4.53. The van der Waals surface area contributed by atoms with Crippen molar-refractivity contribution in [3.8, 4) is 0 Å². The molecule has 3 heteroatoms. The minimum Gasteiger partial charge on any atom is -0.383 e. The molecular formula is C15H21N3. The molecule has 0 amide bonds. The number of fused-ring (bicyclic) bond motifs is 1. The van der Waals surface area contributed by atoms with Crippen molar-refractivity contribution in [3.05, 3.63) is 36.0 Å². The first-order valence-corrected chi connectivity index (χ1v) is 6.56. The van der Waals surface area contributed by atoms with Gasteiger partial charge in [0.15, 0.2) is 0 Å². The molecule has 3 N–H and O–H groups in total. The van der Waals surface area contributed by atoms with Gasteiger partial charge in [-0.15, -0.1) is 0 Å². The number of pyridine rings is 1. The minimum atomic E-state index is 0.210. The molecule has 1 heterocycles. The van der Waals surface area contributed by atoms with Crippen LogP contribution in [-0.4, -0.2) is 17.6 Å². The van der Waals surface area contributed by atoms with Crippen LogP contribution in [0.2, 0.25) is 0 Å². The van der Waals surface area contributed by atoms with Crippen LogP contribution in [0.15, 0.2) is 30.3 Å². The predicted octanol–water partition coefficient (Wildman–Crippen LogP) is 3.08. The summed E-state index contributed by atoms with van der Waals surface area (Å²) < 4.78 is 0. The van der Waals surface area contributed by atoms with Crippen LogP contribution in [0.5, 0.6) is 0 Å². The summed E-state index contributed by atoms with van der Waals surface area (Å²) in [6.45, 7) is 4.98. The highest BCUT2D eigenvalue weighted by Crippen LogP contribution is 2.22. The van der Waals surface area contributed by atoms with Gasteiger partial charge in [-0.05, 0) is 25.5 Å². The molecule has 0 aliphatic rings. The summed E-state index contributed by atoms with van der Waals surface area (Å²) in [5, 5.41) is 4.61. The second-order valence-corrected chi connectivity index (χ2v) is 4.76. The summed E-state index contributed by atoms with van der Waals surface area (Å²) in [7, 11) is 0. The third-order valence-corrected chi connectivity index (χ3v) is 3.06. The summed E-state index contributed by atoms with van der Waals surface area (Å²) >= 11 is 0. The second-order valence-electron chi connectivity index (χ2n) is 4.76. The molecule has 0 fully saturated rings. The van der Waals surface area contributed by atoms with Crippen LogP contribution in [0.1, 0.15) is 25.5 Å². The summed E-state index contributed by atoms with van der Waals surface area (Å²) in [5.74, 6) is 0. The highest BCUT2D eigenvalue weighted by Gasteiger charge is 2.05. The Balaban J connectivity index is 2.21. The molecule has 18 heavy (non-hydrogen) atoms. The van der Waals surface area contributed by atoms with E-state index in [-0.39, 0.29) is 6.04 Å². The van der Waals surface area contributed by atoms with Crippen molar-refractivity contribution in [2.24, 2.45) is 5.73 Å². The lowest BCUT2D eigenvalue weighted by Gasteiger charge is -2.14. The Morgan fingerprint density at radius 1 is 1.33 bits per heavy atom. The number of nitrogens with two attached hydrogens (primary N) is 1. The average Bonchev–Trinajstić information content (AvgIpc) is 2.36. The van der Waals surface area contributed by atoms with E-state index < -0.39 is 0 Å². The summed E-state index contributed by atoms with van der Waals surface area (Å²) in [6, 6.07) is 10.5. The molecule has 0 saturated heterocycles. The van der Waals surface area contributed by atoms with Crippen LogP contribution in [0.3, 0.4) is 0 Å². The minimum absolute atomic E-state index is 0.210. The third kappa shape index (κ3) is 2.99. The number of anilines is 1. The van der Waals surface area contributed by atoms with Gasteiger partial charge in [-0.25, -0.2) is 0 Å². The first-order chi connectivity index (χ1) is 8.70. The lowest BCUT2D eigenvalue weighted by atomic mass is 10.1. The molecule has 0 radical (unpaired) electrons. The van der Waals surface area contributed by atoms with Gasteiger partial charge in [0.1, 0.15) is 0 Å². The maximum atomic E-state index is 6.04. The Hall–Kier alpha value is -1.61. The van der Waals surface area contributed by atoms with Gasteiger partial charge in [0.2, 0.25) is 0 Å². The van der Waals surface area contributed by atoms with E-state index in [2.05, 4.69) is 29.4 Å². The van der Waals surface area contributed by atoms with Crippen LogP contribution < -0.4 is 11.1 Å². The molecule has 3 nitrogen and oxygen atoms in total. The highest BCUT2D eigenvalue weighted by atomic mass is 14.9. The Kier molecular flexibility index (Phi) is 4.15. The molecule has 1 unspecified atom stereocenters. The quantitative estimate of drug-likeness (QED) is 0.848. The van der Waals surface area contributed by atoms with Crippen molar-refractivity contribution in [1.82, 2.24) is 4.98 Å². The van der Waals surface area contributed by atoms with Crippen molar-refractivity contribution in [2.75, 3.05) is 11.9 Å². The Labute approximate surface area is 108 Å².